The number of amides is 2. The van der Waals surface area contributed by atoms with E-state index in [2.05, 4.69) is 17.4 Å². The van der Waals surface area contributed by atoms with E-state index in [4.69, 9.17) is 4.42 Å². The minimum Gasteiger partial charge on any atom is -0.464 e. The molecule has 2 heterocycles. The van der Waals surface area contributed by atoms with Gasteiger partial charge in [0.2, 0.25) is 11.8 Å². The summed E-state index contributed by atoms with van der Waals surface area (Å²) >= 11 is 0. The van der Waals surface area contributed by atoms with Crippen LogP contribution in [0, 0.1) is 0 Å². The molecule has 25 heavy (non-hydrogen) atoms. The summed E-state index contributed by atoms with van der Waals surface area (Å²) in [6, 6.07) is 4.50. The summed E-state index contributed by atoms with van der Waals surface area (Å²) in [6.45, 7) is 3.04. The highest BCUT2D eigenvalue weighted by Crippen LogP contribution is 2.30. The third-order valence-electron chi connectivity index (χ3n) is 5.52. The number of carbonyl (C=O) groups is 2. The number of nitrogens with one attached hydrogen (secondary N) is 1. The van der Waals surface area contributed by atoms with Gasteiger partial charge in [-0.25, -0.2) is 0 Å². The van der Waals surface area contributed by atoms with Crippen molar-refractivity contribution in [3.63, 3.8) is 0 Å². The molecule has 5 heteroatoms. The second-order valence-corrected chi connectivity index (χ2v) is 7.26. The van der Waals surface area contributed by atoms with Crippen molar-refractivity contribution in [2.45, 2.75) is 51.5 Å². The van der Waals surface area contributed by atoms with Crippen LogP contribution >= 0.6 is 0 Å². The third kappa shape index (κ3) is 3.28. The average molecular weight is 340 g/mol. The van der Waals surface area contributed by atoms with Crippen molar-refractivity contribution in [3.8, 4) is 0 Å². The van der Waals surface area contributed by atoms with E-state index in [0.717, 1.165) is 55.3 Å². The first kappa shape index (κ1) is 16.2. The molecule has 4 rings (SSSR count). The smallest absolute Gasteiger partial charge is 0.224 e. The molecule has 0 unspecified atom stereocenters. The quantitative estimate of drug-likeness (QED) is 0.934. The van der Waals surface area contributed by atoms with Gasteiger partial charge in [0, 0.05) is 37.0 Å². The third-order valence-corrected chi connectivity index (χ3v) is 5.52. The SMILES string of the molecule is CC(=O)N1CCC(NC(=O)Cc2coc3cc4c(cc23)CCC4)CC1. The summed E-state index contributed by atoms with van der Waals surface area (Å²) in [7, 11) is 0. The van der Waals surface area contributed by atoms with Gasteiger partial charge in [0.1, 0.15) is 5.58 Å². The maximum atomic E-state index is 12.4. The molecule has 1 aromatic carbocycles. The first-order valence-electron chi connectivity index (χ1n) is 9.17. The van der Waals surface area contributed by atoms with E-state index in [1.165, 1.54) is 17.5 Å². The first-order chi connectivity index (χ1) is 12.1. The molecule has 2 aromatic rings. The molecule has 2 aliphatic rings. The maximum absolute atomic E-state index is 12.4. The Morgan fingerprint density at radius 2 is 1.92 bits per heavy atom. The van der Waals surface area contributed by atoms with Crippen LogP contribution in [0.15, 0.2) is 22.8 Å². The van der Waals surface area contributed by atoms with E-state index in [1.54, 1.807) is 13.2 Å². The molecule has 1 aromatic heterocycles. The Kier molecular flexibility index (Phi) is 4.24. The van der Waals surface area contributed by atoms with Crippen molar-refractivity contribution in [3.05, 3.63) is 35.1 Å². The van der Waals surface area contributed by atoms with Crippen LogP contribution in [0.3, 0.4) is 0 Å². The normalized spacial score (nSPS) is 17.7. The summed E-state index contributed by atoms with van der Waals surface area (Å²) in [5, 5.41) is 4.19. The van der Waals surface area contributed by atoms with Gasteiger partial charge in [-0.2, -0.15) is 0 Å². The topological polar surface area (TPSA) is 62.6 Å². The number of aryl methyl sites for hydroxylation is 2. The van der Waals surface area contributed by atoms with Crippen molar-refractivity contribution < 1.29 is 14.0 Å². The Labute approximate surface area is 147 Å². The predicted molar refractivity (Wildman–Crippen MR) is 95.4 cm³/mol. The molecule has 1 N–H and O–H groups in total. The first-order valence-corrected chi connectivity index (χ1v) is 9.17. The molecule has 0 bridgehead atoms. The van der Waals surface area contributed by atoms with E-state index in [9.17, 15) is 9.59 Å². The summed E-state index contributed by atoms with van der Waals surface area (Å²) in [5.74, 6) is 0.145. The molecule has 1 saturated heterocycles. The maximum Gasteiger partial charge on any atom is 0.224 e. The lowest BCUT2D eigenvalue weighted by Gasteiger charge is -2.31. The highest BCUT2D eigenvalue weighted by atomic mass is 16.3. The second kappa shape index (κ2) is 6.54. The number of rotatable bonds is 3. The van der Waals surface area contributed by atoms with Crippen LogP contribution < -0.4 is 5.32 Å². The van der Waals surface area contributed by atoms with Gasteiger partial charge >= 0.3 is 0 Å². The summed E-state index contributed by atoms with van der Waals surface area (Å²) in [6.07, 6.45) is 7.17. The molecule has 132 valence electrons. The van der Waals surface area contributed by atoms with Crippen LogP contribution in [-0.4, -0.2) is 35.8 Å². The Bertz CT molecular complexity index is 816. The molecular weight excluding hydrogens is 316 g/mol. The molecule has 0 radical (unpaired) electrons. The van der Waals surface area contributed by atoms with Crippen molar-refractivity contribution in [1.82, 2.24) is 10.2 Å². The number of carbonyl (C=O) groups excluding carboxylic acids is 2. The standard InChI is InChI=1S/C20H24N2O3/c1-13(23)22-7-5-17(6-8-22)21-20(24)11-16-12-25-19-10-15-4-2-3-14(15)9-18(16)19/h9-10,12,17H,2-8,11H2,1H3,(H,21,24). The monoisotopic (exact) mass is 340 g/mol. The summed E-state index contributed by atoms with van der Waals surface area (Å²) in [4.78, 5) is 25.7. The fraction of sp³-hybridized carbons (Fsp3) is 0.500. The zero-order valence-electron chi connectivity index (χ0n) is 14.6. The van der Waals surface area contributed by atoms with Gasteiger partial charge in [0.25, 0.3) is 0 Å². The minimum atomic E-state index is 0.0319. The Morgan fingerprint density at radius 1 is 1.20 bits per heavy atom. The molecule has 1 fully saturated rings. The Morgan fingerprint density at radius 3 is 2.64 bits per heavy atom. The molecular formula is C20H24N2O3. The van der Waals surface area contributed by atoms with Crippen LogP contribution in [0.2, 0.25) is 0 Å². The number of benzene rings is 1. The van der Waals surface area contributed by atoms with Crippen LogP contribution in [0.5, 0.6) is 0 Å². The largest absolute Gasteiger partial charge is 0.464 e. The number of likely N-dealkylation sites (tertiary alicyclic amines) is 1. The van der Waals surface area contributed by atoms with E-state index in [1.807, 2.05) is 4.90 Å². The predicted octanol–water partition coefficient (Wildman–Crippen LogP) is 2.59. The number of hydrogen-bond acceptors (Lipinski definition) is 3. The fourth-order valence-corrected chi connectivity index (χ4v) is 4.08. The highest BCUT2D eigenvalue weighted by molar-refractivity contribution is 5.88. The number of fused-ring (bicyclic) bond motifs is 2. The van der Waals surface area contributed by atoms with Gasteiger partial charge in [-0.1, -0.05) is 0 Å². The van der Waals surface area contributed by atoms with E-state index < -0.39 is 0 Å². The Hall–Kier alpha value is -2.30. The lowest BCUT2D eigenvalue weighted by atomic mass is 10.0. The summed E-state index contributed by atoms with van der Waals surface area (Å²) in [5.41, 5.74) is 4.63. The number of nitrogens with zero attached hydrogens (tertiary/aromatic N) is 1. The van der Waals surface area contributed by atoms with Gasteiger partial charge in [-0.3, -0.25) is 9.59 Å². The lowest BCUT2D eigenvalue weighted by Crippen LogP contribution is -2.46. The Balaban J connectivity index is 1.40. The zero-order chi connectivity index (χ0) is 17.4. The van der Waals surface area contributed by atoms with Gasteiger partial charge in [0.05, 0.1) is 12.7 Å². The molecule has 0 saturated carbocycles. The van der Waals surface area contributed by atoms with Gasteiger partial charge < -0.3 is 14.6 Å². The van der Waals surface area contributed by atoms with Gasteiger partial charge in [0.15, 0.2) is 0 Å². The average Bonchev–Trinajstić information content (AvgIpc) is 3.20. The van der Waals surface area contributed by atoms with E-state index in [0.29, 0.717) is 6.42 Å². The molecule has 1 aliphatic carbocycles. The fourth-order valence-electron chi connectivity index (χ4n) is 4.08. The van der Waals surface area contributed by atoms with E-state index >= 15 is 0 Å². The summed E-state index contributed by atoms with van der Waals surface area (Å²) < 4.78 is 5.68. The van der Waals surface area contributed by atoms with Crippen molar-refractivity contribution in [1.29, 1.82) is 0 Å². The van der Waals surface area contributed by atoms with Gasteiger partial charge in [-0.15, -0.1) is 0 Å². The molecule has 5 nitrogen and oxygen atoms in total. The van der Waals surface area contributed by atoms with Crippen LogP contribution in [0.25, 0.3) is 11.0 Å². The van der Waals surface area contributed by atoms with E-state index in [-0.39, 0.29) is 17.9 Å². The zero-order valence-corrected chi connectivity index (χ0v) is 14.6. The molecule has 2 amide bonds. The van der Waals surface area contributed by atoms with Crippen LogP contribution in [0.4, 0.5) is 0 Å². The minimum absolute atomic E-state index is 0.0319. The number of hydrogen-bond donors (Lipinski definition) is 1. The second-order valence-electron chi connectivity index (χ2n) is 7.26. The van der Waals surface area contributed by atoms with Crippen molar-refractivity contribution >= 4 is 22.8 Å². The molecule has 0 spiro atoms. The highest BCUT2D eigenvalue weighted by Gasteiger charge is 2.23. The molecule has 1 aliphatic heterocycles. The van der Waals surface area contributed by atoms with Crippen LogP contribution in [0.1, 0.15) is 42.9 Å². The molecule has 0 atom stereocenters. The van der Waals surface area contributed by atoms with Crippen molar-refractivity contribution in [2.75, 3.05) is 13.1 Å². The number of piperidine rings is 1. The van der Waals surface area contributed by atoms with Crippen LogP contribution in [-0.2, 0) is 28.9 Å². The van der Waals surface area contributed by atoms with Crippen molar-refractivity contribution in [2.24, 2.45) is 0 Å². The lowest BCUT2D eigenvalue weighted by molar-refractivity contribution is -0.130. The number of furan rings is 1. The van der Waals surface area contributed by atoms with Gasteiger partial charge in [-0.05, 0) is 55.4 Å².